The average Bonchev–Trinajstić information content (AvgIpc) is 3.48. The lowest BCUT2D eigenvalue weighted by molar-refractivity contribution is 0.261. The summed E-state index contributed by atoms with van der Waals surface area (Å²) in [6.07, 6.45) is 3.43. The number of ether oxygens (including phenoxy) is 1. The van der Waals surface area contributed by atoms with Gasteiger partial charge in [-0.3, -0.25) is 4.98 Å². The van der Waals surface area contributed by atoms with Crippen LogP contribution < -0.4 is 4.74 Å². The molecule has 5 rings (SSSR count). The van der Waals surface area contributed by atoms with Gasteiger partial charge in [0.05, 0.1) is 5.71 Å². The van der Waals surface area contributed by atoms with Gasteiger partial charge in [-0.1, -0.05) is 17.3 Å². The van der Waals surface area contributed by atoms with E-state index in [0.29, 0.717) is 6.61 Å². The van der Waals surface area contributed by atoms with E-state index < -0.39 is 0 Å². The third-order valence-corrected chi connectivity index (χ3v) is 6.32. The fourth-order valence-electron chi connectivity index (χ4n) is 4.45. The highest BCUT2D eigenvalue weighted by molar-refractivity contribution is 6.04. The normalized spacial score (nSPS) is 14.0. The average molecular weight is 468 g/mol. The highest BCUT2D eigenvalue weighted by Gasteiger charge is 2.22. The summed E-state index contributed by atoms with van der Waals surface area (Å²) in [4.78, 5) is 6.45. The fraction of sp³-hybridized carbons (Fsp3) is 0.241. The molecule has 0 spiro atoms. The Balaban J connectivity index is 1.52. The van der Waals surface area contributed by atoms with Crippen LogP contribution in [0, 0.1) is 6.92 Å². The maximum Gasteiger partial charge on any atom is 0.142 e. The van der Waals surface area contributed by atoms with Gasteiger partial charge in [-0.2, -0.15) is 0 Å². The lowest BCUT2D eigenvalue weighted by atomic mass is 9.99. The Morgan fingerprint density at radius 1 is 0.943 bits per heavy atom. The van der Waals surface area contributed by atoms with Crippen LogP contribution in [0.1, 0.15) is 23.2 Å². The first-order valence-corrected chi connectivity index (χ1v) is 11.8. The number of aromatic nitrogens is 1. The van der Waals surface area contributed by atoms with E-state index in [1.165, 1.54) is 5.56 Å². The van der Waals surface area contributed by atoms with Gasteiger partial charge >= 0.3 is 0 Å². The molecule has 0 radical (unpaired) electrons. The monoisotopic (exact) mass is 467 g/mol. The van der Waals surface area contributed by atoms with Crippen LogP contribution >= 0.6 is 0 Å². The third-order valence-electron chi connectivity index (χ3n) is 6.32. The molecule has 0 amide bonds. The standard InChI is InChI=1S/C29H29N3O3/c1-19-16-22(12-13-30-19)26-18-28(20-4-8-24(9-5-20)34-15-14-32(2)3)35-29(26)23-6-10-25-21(17-23)7-11-27(25)31-33/h4-6,8-10,12-13,16-18,33H,7,11,14-15H2,1-3H3. The van der Waals surface area contributed by atoms with Crippen LogP contribution in [-0.2, 0) is 6.42 Å². The Hall–Kier alpha value is -3.90. The number of aryl methyl sites for hydroxylation is 2. The van der Waals surface area contributed by atoms with Gasteiger partial charge in [0.1, 0.15) is 23.9 Å². The summed E-state index contributed by atoms with van der Waals surface area (Å²) in [5, 5.41) is 12.7. The molecule has 6 nitrogen and oxygen atoms in total. The smallest absolute Gasteiger partial charge is 0.142 e. The van der Waals surface area contributed by atoms with Crippen molar-refractivity contribution in [1.82, 2.24) is 9.88 Å². The summed E-state index contributed by atoms with van der Waals surface area (Å²) < 4.78 is 12.3. The molecule has 2 aromatic heterocycles. The summed E-state index contributed by atoms with van der Waals surface area (Å²) in [6, 6.07) is 20.4. The van der Waals surface area contributed by atoms with Crippen molar-refractivity contribution in [2.45, 2.75) is 19.8 Å². The molecule has 4 aromatic rings. The summed E-state index contributed by atoms with van der Waals surface area (Å²) >= 11 is 0. The maximum atomic E-state index is 9.29. The first kappa shape index (κ1) is 22.9. The Kier molecular flexibility index (Phi) is 6.38. The molecule has 0 saturated heterocycles. The molecule has 2 heterocycles. The van der Waals surface area contributed by atoms with Crippen molar-refractivity contribution in [1.29, 1.82) is 0 Å². The van der Waals surface area contributed by atoms with Crippen molar-refractivity contribution < 1.29 is 14.4 Å². The summed E-state index contributed by atoms with van der Waals surface area (Å²) in [5.74, 6) is 2.45. The SMILES string of the molecule is Cc1cc(-c2cc(-c3ccc(OCCN(C)C)cc3)oc2-c2ccc3c(c2)CCC3=NO)ccn1. The Morgan fingerprint density at radius 3 is 2.49 bits per heavy atom. The van der Waals surface area contributed by atoms with E-state index in [9.17, 15) is 5.21 Å². The van der Waals surface area contributed by atoms with Crippen molar-refractivity contribution >= 4 is 5.71 Å². The molecule has 0 aliphatic heterocycles. The third kappa shape index (κ3) is 4.84. The second-order valence-corrected chi connectivity index (χ2v) is 9.13. The molecule has 0 saturated carbocycles. The Labute approximate surface area is 205 Å². The predicted octanol–water partition coefficient (Wildman–Crippen LogP) is 6.05. The molecule has 0 fully saturated rings. The van der Waals surface area contributed by atoms with Crippen LogP contribution in [0.2, 0.25) is 0 Å². The van der Waals surface area contributed by atoms with Gasteiger partial charge in [-0.25, -0.2) is 0 Å². The molecule has 1 aliphatic carbocycles. The van der Waals surface area contributed by atoms with Crippen LogP contribution in [-0.4, -0.2) is 48.0 Å². The first-order valence-electron chi connectivity index (χ1n) is 11.8. The summed E-state index contributed by atoms with van der Waals surface area (Å²) in [6.45, 7) is 3.50. The summed E-state index contributed by atoms with van der Waals surface area (Å²) in [7, 11) is 4.06. The highest BCUT2D eigenvalue weighted by Crippen LogP contribution is 2.40. The minimum absolute atomic E-state index is 0.643. The predicted molar refractivity (Wildman–Crippen MR) is 138 cm³/mol. The van der Waals surface area contributed by atoms with Crippen LogP contribution in [0.15, 0.2) is 76.4 Å². The van der Waals surface area contributed by atoms with Crippen molar-refractivity contribution in [3.63, 3.8) is 0 Å². The van der Waals surface area contributed by atoms with Gasteiger partial charge in [0, 0.05) is 40.7 Å². The number of fused-ring (bicyclic) bond motifs is 1. The van der Waals surface area contributed by atoms with Crippen molar-refractivity contribution in [2.75, 3.05) is 27.2 Å². The number of oxime groups is 1. The number of hydrogen-bond acceptors (Lipinski definition) is 6. The molecule has 0 unspecified atom stereocenters. The second kappa shape index (κ2) is 9.76. The van der Waals surface area contributed by atoms with Crippen LogP contribution in [0.5, 0.6) is 5.75 Å². The zero-order valence-electron chi connectivity index (χ0n) is 20.3. The van der Waals surface area contributed by atoms with Gasteiger partial charge in [-0.15, -0.1) is 0 Å². The van der Waals surface area contributed by atoms with E-state index in [1.807, 2.05) is 69.7 Å². The first-order chi connectivity index (χ1) is 17.0. The number of benzene rings is 2. The van der Waals surface area contributed by atoms with Crippen LogP contribution in [0.25, 0.3) is 33.8 Å². The largest absolute Gasteiger partial charge is 0.492 e. The Bertz CT molecular complexity index is 1370. The number of pyridine rings is 1. The van der Waals surface area contributed by atoms with Gasteiger partial charge < -0.3 is 19.3 Å². The topological polar surface area (TPSA) is 71.1 Å². The molecule has 0 bridgehead atoms. The summed E-state index contributed by atoms with van der Waals surface area (Å²) in [5.41, 5.74) is 7.94. The zero-order valence-corrected chi connectivity index (χ0v) is 20.3. The van der Waals surface area contributed by atoms with E-state index in [2.05, 4.69) is 33.2 Å². The van der Waals surface area contributed by atoms with E-state index in [4.69, 9.17) is 9.15 Å². The molecule has 1 N–H and O–H groups in total. The minimum Gasteiger partial charge on any atom is -0.492 e. The lowest BCUT2D eigenvalue weighted by Gasteiger charge is -2.11. The highest BCUT2D eigenvalue weighted by atomic mass is 16.5. The van der Waals surface area contributed by atoms with E-state index in [0.717, 1.165) is 75.9 Å². The molecule has 6 heteroatoms. The Morgan fingerprint density at radius 2 is 1.74 bits per heavy atom. The molecule has 2 aromatic carbocycles. The molecule has 0 atom stereocenters. The van der Waals surface area contributed by atoms with E-state index in [-0.39, 0.29) is 0 Å². The fourth-order valence-corrected chi connectivity index (χ4v) is 4.45. The molecule has 35 heavy (non-hydrogen) atoms. The van der Waals surface area contributed by atoms with E-state index in [1.54, 1.807) is 0 Å². The van der Waals surface area contributed by atoms with Gasteiger partial charge in [0.25, 0.3) is 0 Å². The number of nitrogens with zero attached hydrogens (tertiary/aromatic N) is 3. The van der Waals surface area contributed by atoms with Gasteiger partial charge in [0.15, 0.2) is 0 Å². The lowest BCUT2D eigenvalue weighted by Crippen LogP contribution is -2.19. The number of furan rings is 1. The molecule has 1 aliphatic rings. The second-order valence-electron chi connectivity index (χ2n) is 9.13. The van der Waals surface area contributed by atoms with Crippen LogP contribution in [0.4, 0.5) is 0 Å². The van der Waals surface area contributed by atoms with E-state index >= 15 is 0 Å². The van der Waals surface area contributed by atoms with Crippen molar-refractivity contribution in [3.8, 4) is 39.5 Å². The van der Waals surface area contributed by atoms with Crippen molar-refractivity contribution in [2.24, 2.45) is 5.16 Å². The number of likely N-dealkylation sites (N-methyl/N-ethyl adjacent to an activating group) is 1. The number of rotatable bonds is 7. The minimum atomic E-state index is 0.643. The number of hydrogen-bond donors (Lipinski definition) is 1. The molecular formula is C29H29N3O3. The maximum absolute atomic E-state index is 9.29. The van der Waals surface area contributed by atoms with Gasteiger partial charge in [0.2, 0.25) is 0 Å². The molecular weight excluding hydrogens is 438 g/mol. The van der Waals surface area contributed by atoms with Crippen LogP contribution in [0.3, 0.4) is 0 Å². The van der Waals surface area contributed by atoms with Gasteiger partial charge in [-0.05, 0) is 93.5 Å². The zero-order chi connectivity index (χ0) is 24.4. The molecule has 178 valence electrons. The van der Waals surface area contributed by atoms with Crippen molar-refractivity contribution in [3.05, 3.63) is 83.7 Å². The quantitative estimate of drug-likeness (QED) is 0.265.